The lowest BCUT2D eigenvalue weighted by Gasteiger charge is -2.23. The lowest BCUT2D eigenvalue weighted by molar-refractivity contribution is -0.119. The molecule has 2 N–H and O–H groups in total. The number of carbonyl (C=O) groups excluding carboxylic acids is 2. The Bertz CT molecular complexity index is 1060. The fourth-order valence-corrected chi connectivity index (χ4v) is 3.37. The molecule has 2 amide bonds. The number of aromatic nitrogens is 2. The zero-order valence-corrected chi connectivity index (χ0v) is 14.6. The van der Waals surface area contributed by atoms with Crippen molar-refractivity contribution in [1.29, 1.82) is 0 Å². The summed E-state index contributed by atoms with van der Waals surface area (Å²) < 4.78 is 0. The molecule has 1 aliphatic heterocycles. The van der Waals surface area contributed by atoms with Gasteiger partial charge in [0.15, 0.2) is 0 Å². The second-order valence-electron chi connectivity index (χ2n) is 6.52. The number of anilines is 1. The lowest BCUT2D eigenvalue weighted by atomic mass is 10.1. The average Bonchev–Trinajstić information content (AvgIpc) is 3.01. The van der Waals surface area contributed by atoms with Crippen LogP contribution in [0.5, 0.6) is 0 Å². The Hall–Kier alpha value is -3.28. The maximum absolute atomic E-state index is 13.2. The summed E-state index contributed by atoms with van der Waals surface area (Å²) >= 11 is 0. The molecule has 6 heteroatoms. The molecule has 0 radical (unpaired) electrons. The molecular weight excluding hydrogens is 328 g/mol. The first-order chi connectivity index (χ1) is 12.5. The van der Waals surface area contributed by atoms with E-state index in [0.717, 1.165) is 28.2 Å². The number of carbonyl (C=O) groups is 2. The van der Waals surface area contributed by atoms with Crippen LogP contribution in [0.25, 0.3) is 11.0 Å². The predicted molar refractivity (Wildman–Crippen MR) is 98.9 cm³/mol. The second kappa shape index (κ2) is 5.91. The van der Waals surface area contributed by atoms with Gasteiger partial charge in [0.05, 0.1) is 22.4 Å². The molecule has 3 aromatic rings. The fraction of sp³-hybridized carbons (Fsp3) is 0.200. The summed E-state index contributed by atoms with van der Waals surface area (Å²) in [5.41, 5.74) is 10.8. The molecular formula is C20H18N4O2. The van der Waals surface area contributed by atoms with Crippen LogP contribution in [-0.4, -0.2) is 27.8 Å². The summed E-state index contributed by atoms with van der Waals surface area (Å²) in [6.45, 7) is 3.79. The number of nitrogens with zero attached hydrogens (tertiary/aromatic N) is 3. The van der Waals surface area contributed by atoms with Crippen LogP contribution in [0.4, 0.5) is 5.69 Å². The van der Waals surface area contributed by atoms with Gasteiger partial charge in [0, 0.05) is 17.7 Å². The minimum absolute atomic E-state index is 0.263. The molecule has 0 fully saturated rings. The summed E-state index contributed by atoms with van der Waals surface area (Å²) in [5.74, 6) is -0.776. The SMILES string of the molecule is Cc1nc2ccc(C(=O)N3c4ccccc4C[C@H]3C(N)=O)cc2nc1C. The van der Waals surface area contributed by atoms with Crippen LogP contribution in [0, 0.1) is 13.8 Å². The van der Waals surface area contributed by atoms with Crippen LogP contribution in [0.2, 0.25) is 0 Å². The Morgan fingerprint density at radius 2 is 1.73 bits per heavy atom. The molecule has 4 rings (SSSR count). The van der Waals surface area contributed by atoms with Gasteiger partial charge in [-0.05, 0) is 43.7 Å². The van der Waals surface area contributed by atoms with Crippen molar-refractivity contribution in [3.8, 4) is 0 Å². The Balaban J connectivity index is 1.80. The summed E-state index contributed by atoms with van der Waals surface area (Å²) in [7, 11) is 0. The monoisotopic (exact) mass is 346 g/mol. The normalized spacial score (nSPS) is 15.9. The van der Waals surface area contributed by atoms with Crippen LogP contribution in [0.15, 0.2) is 42.5 Å². The predicted octanol–water partition coefficient (Wildman–Crippen LogP) is 2.30. The van der Waals surface area contributed by atoms with Gasteiger partial charge in [-0.3, -0.25) is 14.5 Å². The number of fused-ring (bicyclic) bond motifs is 2. The third-order valence-electron chi connectivity index (χ3n) is 4.85. The van der Waals surface area contributed by atoms with Gasteiger partial charge in [-0.1, -0.05) is 18.2 Å². The maximum atomic E-state index is 13.2. The molecule has 0 unspecified atom stereocenters. The summed E-state index contributed by atoms with van der Waals surface area (Å²) in [6.07, 6.45) is 0.433. The van der Waals surface area contributed by atoms with E-state index in [-0.39, 0.29) is 5.91 Å². The number of primary amides is 1. The third kappa shape index (κ3) is 2.50. The minimum atomic E-state index is -0.679. The second-order valence-corrected chi connectivity index (χ2v) is 6.52. The number of aryl methyl sites for hydroxylation is 2. The quantitative estimate of drug-likeness (QED) is 0.771. The van der Waals surface area contributed by atoms with Gasteiger partial charge < -0.3 is 5.73 Å². The standard InChI is InChI=1S/C20H18N4O2/c1-11-12(2)23-16-9-14(7-8-15(16)22-11)20(26)24-17-6-4-3-5-13(17)10-18(24)19(21)25/h3-9,18H,10H2,1-2H3,(H2,21,25)/t18-/m0/s1. The highest BCUT2D eigenvalue weighted by Gasteiger charge is 2.37. The van der Waals surface area contributed by atoms with E-state index >= 15 is 0 Å². The van der Waals surface area contributed by atoms with E-state index < -0.39 is 11.9 Å². The van der Waals surface area contributed by atoms with E-state index in [4.69, 9.17) is 5.73 Å². The largest absolute Gasteiger partial charge is 0.368 e. The third-order valence-corrected chi connectivity index (χ3v) is 4.85. The van der Waals surface area contributed by atoms with Gasteiger partial charge in [0.1, 0.15) is 6.04 Å². The first kappa shape index (κ1) is 16.2. The molecule has 130 valence electrons. The number of benzene rings is 2. The molecule has 2 aromatic carbocycles. The molecule has 0 spiro atoms. The van der Waals surface area contributed by atoms with Crippen molar-refractivity contribution in [2.45, 2.75) is 26.3 Å². The molecule has 1 atom stereocenters. The Morgan fingerprint density at radius 1 is 1.04 bits per heavy atom. The average molecular weight is 346 g/mol. The van der Waals surface area contributed by atoms with Crippen molar-refractivity contribution in [3.05, 3.63) is 65.0 Å². The van der Waals surface area contributed by atoms with Gasteiger partial charge in [-0.15, -0.1) is 0 Å². The molecule has 6 nitrogen and oxygen atoms in total. The first-order valence-corrected chi connectivity index (χ1v) is 8.41. The van der Waals surface area contributed by atoms with Crippen LogP contribution in [-0.2, 0) is 11.2 Å². The van der Waals surface area contributed by atoms with Gasteiger partial charge in [-0.25, -0.2) is 9.97 Å². The summed E-state index contributed by atoms with van der Waals surface area (Å²) in [6, 6.07) is 12.0. The van der Waals surface area contributed by atoms with Crippen LogP contribution < -0.4 is 10.6 Å². The lowest BCUT2D eigenvalue weighted by Crippen LogP contribution is -2.46. The van der Waals surface area contributed by atoms with Crippen molar-refractivity contribution in [2.24, 2.45) is 5.73 Å². The van der Waals surface area contributed by atoms with E-state index in [1.807, 2.05) is 38.1 Å². The molecule has 0 bridgehead atoms. The zero-order valence-electron chi connectivity index (χ0n) is 14.6. The Labute approximate surface area is 150 Å². The highest BCUT2D eigenvalue weighted by molar-refractivity contribution is 6.12. The number of amides is 2. The number of hydrogen-bond acceptors (Lipinski definition) is 4. The van der Waals surface area contributed by atoms with E-state index in [9.17, 15) is 9.59 Å². The van der Waals surface area contributed by atoms with Crippen molar-refractivity contribution in [3.63, 3.8) is 0 Å². The van der Waals surface area contributed by atoms with Gasteiger partial charge in [0.25, 0.3) is 5.91 Å². The molecule has 0 saturated heterocycles. The van der Waals surface area contributed by atoms with E-state index in [1.54, 1.807) is 18.2 Å². The molecule has 1 aliphatic rings. The van der Waals surface area contributed by atoms with Crippen LogP contribution in [0.1, 0.15) is 27.3 Å². The van der Waals surface area contributed by atoms with Crippen LogP contribution in [0.3, 0.4) is 0 Å². The molecule has 1 aromatic heterocycles. The van der Waals surface area contributed by atoms with Crippen molar-refractivity contribution >= 4 is 28.5 Å². The highest BCUT2D eigenvalue weighted by Crippen LogP contribution is 2.33. The number of nitrogens with two attached hydrogens (primary N) is 1. The molecule has 0 aliphatic carbocycles. The Morgan fingerprint density at radius 3 is 2.46 bits per heavy atom. The van der Waals surface area contributed by atoms with E-state index in [0.29, 0.717) is 17.5 Å². The molecule has 0 saturated carbocycles. The summed E-state index contributed by atoms with van der Waals surface area (Å²) in [5, 5.41) is 0. The first-order valence-electron chi connectivity index (χ1n) is 8.41. The van der Waals surface area contributed by atoms with E-state index in [2.05, 4.69) is 9.97 Å². The Kier molecular flexibility index (Phi) is 3.68. The minimum Gasteiger partial charge on any atom is -0.368 e. The topological polar surface area (TPSA) is 89.2 Å². The van der Waals surface area contributed by atoms with E-state index in [1.165, 1.54) is 4.90 Å². The zero-order chi connectivity index (χ0) is 18.4. The smallest absolute Gasteiger partial charge is 0.259 e. The van der Waals surface area contributed by atoms with Crippen molar-refractivity contribution < 1.29 is 9.59 Å². The summed E-state index contributed by atoms with van der Waals surface area (Å²) in [4.78, 5) is 35.6. The van der Waals surface area contributed by atoms with Crippen molar-refractivity contribution in [1.82, 2.24) is 9.97 Å². The fourth-order valence-electron chi connectivity index (χ4n) is 3.37. The van der Waals surface area contributed by atoms with Gasteiger partial charge in [-0.2, -0.15) is 0 Å². The van der Waals surface area contributed by atoms with Crippen molar-refractivity contribution in [2.75, 3.05) is 4.90 Å². The maximum Gasteiger partial charge on any atom is 0.259 e. The molecule has 26 heavy (non-hydrogen) atoms. The number of hydrogen-bond donors (Lipinski definition) is 1. The number of rotatable bonds is 2. The van der Waals surface area contributed by atoms with Crippen LogP contribution >= 0.6 is 0 Å². The van der Waals surface area contributed by atoms with Gasteiger partial charge >= 0.3 is 0 Å². The molecule has 2 heterocycles. The van der Waals surface area contributed by atoms with Gasteiger partial charge in [0.2, 0.25) is 5.91 Å². The highest BCUT2D eigenvalue weighted by atomic mass is 16.2. The number of para-hydroxylation sites is 1.